The Morgan fingerprint density at radius 2 is 1.96 bits per heavy atom. The number of hydrogen-bond donors (Lipinski definition) is 1. The molecule has 1 aliphatic heterocycles. The summed E-state index contributed by atoms with van der Waals surface area (Å²) in [6, 6.07) is 5.38. The maximum Gasteiger partial charge on any atom is 0.260 e. The van der Waals surface area contributed by atoms with Gasteiger partial charge >= 0.3 is 0 Å². The lowest BCUT2D eigenvalue weighted by Gasteiger charge is -2.28. The molecule has 0 atom stereocenters. The van der Waals surface area contributed by atoms with Gasteiger partial charge in [0.05, 0.1) is 10.9 Å². The second-order valence-corrected chi connectivity index (χ2v) is 7.31. The number of aryl methyl sites for hydroxylation is 2. The zero-order valence-corrected chi connectivity index (χ0v) is 16.1. The van der Waals surface area contributed by atoms with Crippen molar-refractivity contribution >= 4 is 40.1 Å². The van der Waals surface area contributed by atoms with Crippen LogP contribution in [0.1, 0.15) is 40.9 Å². The maximum absolute atomic E-state index is 13.1. The number of fused-ring (bicyclic) bond motifs is 1. The summed E-state index contributed by atoms with van der Waals surface area (Å²) in [6.45, 7) is 5.54. The van der Waals surface area contributed by atoms with Crippen LogP contribution >= 0.6 is 11.6 Å². The Balaban J connectivity index is 1.76. The molecule has 0 saturated carbocycles. The zero-order valence-electron chi connectivity index (χ0n) is 15.4. The first-order chi connectivity index (χ1) is 13.0. The highest BCUT2D eigenvalue weighted by Crippen LogP contribution is 2.33. The van der Waals surface area contributed by atoms with Crippen molar-refractivity contribution in [2.75, 3.05) is 23.3 Å². The second kappa shape index (κ2) is 7.19. The average molecular weight is 385 g/mol. The number of benzene rings is 1. The molecule has 0 spiro atoms. The number of carbonyl (C=O) groups excluding carboxylic acids is 1. The van der Waals surface area contributed by atoms with Gasteiger partial charge in [-0.1, -0.05) is 11.6 Å². The van der Waals surface area contributed by atoms with E-state index < -0.39 is 0 Å². The minimum Gasteiger partial charge on any atom is -0.442 e. The molecule has 0 radical (unpaired) electrons. The van der Waals surface area contributed by atoms with E-state index in [4.69, 9.17) is 16.0 Å². The number of carbonyl (C=O) groups is 1. The molecule has 1 fully saturated rings. The van der Waals surface area contributed by atoms with E-state index in [0.717, 1.165) is 43.0 Å². The molecule has 4 rings (SSSR count). The Kier molecular flexibility index (Phi) is 4.74. The first-order valence-corrected chi connectivity index (χ1v) is 9.49. The van der Waals surface area contributed by atoms with Crippen molar-refractivity contribution in [2.45, 2.75) is 33.1 Å². The molecule has 0 aliphatic carbocycles. The number of piperidine rings is 1. The molecule has 7 heteroatoms. The van der Waals surface area contributed by atoms with Crippen LogP contribution in [-0.2, 0) is 0 Å². The van der Waals surface area contributed by atoms with Crippen LogP contribution in [0.15, 0.2) is 28.9 Å². The van der Waals surface area contributed by atoms with Crippen LogP contribution in [0, 0.1) is 13.8 Å². The Labute approximate surface area is 162 Å². The summed E-state index contributed by atoms with van der Waals surface area (Å²) in [5.74, 6) is 1.08. The van der Waals surface area contributed by atoms with E-state index >= 15 is 0 Å². The molecule has 27 heavy (non-hydrogen) atoms. The number of nitrogens with zero attached hydrogens (tertiary/aromatic N) is 3. The maximum atomic E-state index is 13.1. The van der Waals surface area contributed by atoms with Gasteiger partial charge in [-0.3, -0.25) is 4.79 Å². The number of amides is 1. The van der Waals surface area contributed by atoms with E-state index in [9.17, 15) is 4.79 Å². The number of aromatic nitrogens is 2. The second-order valence-electron chi connectivity index (χ2n) is 6.87. The minimum absolute atomic E-state index is 0.232. The molecule has 1 N–H and O–H groups in total. The van der Waals surface area contributed by atoms with E-state index in [1.165, 1.54) is 12.7 Å². The molecule has 0 unspecified atom stereocenters. The van der Waals surface area contributed by atoms with Crippen molar-refractivity contribution in [3.8, 4) is 0 Å². The first-order valence-electron chi connectivity index (χ1n) is 9.11. The summed E-state index contributed by atoms with van der Waals surface area (Å²) >= 11 is 6.01. The van der Waals surface area contributed by atoms with Gasteiger partial charge < -0.3 is 14.6 Å². The highest BCUT2D eigenvalue weighted by molar-refractivity contribution is 6.30. The van der Waals surface area contributed by atoms with Crippen molar-refractivity contribution in [1.82, 2.24) is 9.97 Å². The van der Waals surface area contributed by atoms with Gasteiger partial charge in [0, 0.05) is 23.8 Å². The van der Waals surface area contributed by atoms with Crippen LogP contribution in [0.2, 0.25) is 5.02 Å². The topological polar surface area (TPSA) is 71.3 Å². The lowest BCUT2D eigenvalue weighted by atomic mass is 10.1. The summed E-state index contributed by atoms with van der Waals surface area (Å²) in [5.41, 5.74) is 2.55. The predicted octanol–water partition coefficient (Wildman–Crippen LogP) is 4.74. The molecule has 6 nitrogen and oxygen atoms in total. The first kappa shape index (κ1) is 17.8. The highest BCUT2D eigenvalue weighted by atomic mass is 35.5. The molecular weight excluding hydrogens is 364 g/mol. The fourth-order valence-corrected chi connectivity index (χ4v) is 3.83. The fraction of sp³-hybridized carbons (Fsp3) is 0.350. The lowest BCUT2D eigenvalue weighted by Crippen LogP contribution is -2.30. The van der Waals surface area contributed by atoms with Crippen molar-refractivity contribution in [1.29, 1.82) is 0 Å². The van der Waals surface area contributed by atoms with Crippen LogP contribution in [0.5, 0.6) is 0 Å². The van der Waals surface area contributed by atoms with Gasteiger partial charge in [-0.2, -0.15) is 0 Å². The summed E-state index contributed by atoms with van der Waals surface area (Å²) in [6.07, 6.45) is 4.96. The highest BCUT2D eigenvalue weighted by Gasteiger charge is 2.26. The largest absolute Gasteiger partial charge is 0.442 e. The Morgan fingerprint density at radius 1 is 1.19 bits per heavy atom. The van der Waals surface area contributed by atoms with Crippen LogP contribution in [0.25, 0.3) is 11.1 Å². The smallest absolute Gasteiger partial charge is 0.260 e. The lowest BCUT2D eigenvalue weighted by molar-refractivity contribution is 0.102. The van der Waals surface area contributed by atoms with Gasteiger partial charge in [-0.25, -0.2) is 9.97 Å². The van der Waals surface area contributed by atoms with Gasteiger partial charge in [0.2, 0.25) is 5.71 Å². The zero-order chi connectivity index (χ0) is 19.0. The minimum atomic E-state index is -0.232. The van der Waals surface area contributed by atoms with Crippen LogP contribution < -0.4 is 10.2 Å². The van der Waals surface area contributed by atoms with Gasteiger partial charge in [0.25, 0.3) is 5.91 Å². The molecule has 3 aromatic rings. The fourth-order valence-electron chi connectivity index (χ4n) is 3.60. The van der Waals surface area contributed by atoms with Crippen LogP contribution in [0.3, 0.4) is 0 Å². The summed E-state index contributed by atoms with van der Waals surface area (Å²) < 4.78 is 5.78. The third-order valence-corrected chi connectivity index (χ3v) is 5.20. The molecule has 1 aromatic carbocycles. The van der Waals surface area contributed by atoms with E-state index in [1.807, 2.05) is 13.0 Å². The molecule has 140 valence electrons. The van der Waals surface area contributed by atoms with Crippen LogP contribution in [0.4, 0.5) is 11.5 Å². The van der Waals surface area contributed by atoms with E-state index in [-0.39, 0.29) is 5.91 Å². The summed E-state index contributed by atoms with van der Waals surface area (Å²) in [7, 11) is 0. The number of rotatable bonds is 3. The van der Waals surface area contributed by atoms with Crippen molar-refractivity contribution < 1.29 is 9.21 Å². The normalized spacial score (nSPS) is 14.6. The molecule has 2 aromatic heterocycles. The van der Waals surface area contributed by atoms with Gasteiger partial charge in [-0.05, 0) is 56.9 Å². The SMILES string of the molecule is Cc1cc(Cl)ccc1NC(=O)c1c(C)oc2ncnc(N3CCCCC3)c12. The molecule has 1 aliphatic rings. The third-order valence-electron chi connectivity index (χ3n) is 4.96. The molecule has 1 amide bonds. The summed E-state index contributed by atoms with van der Waals surface area (Å²) in [5, 5.41) is 4.29. The predicted molar refractivity (Wildman–Crippen MR) is 107 cm³/mol. The Morgan fingerprint density at radius 3 is 2.70 bits per heavy atom. The van der Waals surface area contributed by atoms with Gasteiger partial charge in [0.1, 0.15) is 17.9 Å². The molecule has 3 heterocycles. The quantitative estimate of drug-likeness (QED) is 0.706. The number of anilines is 2. The molecule has 0 bridgehead atoms. The Bertz CT molecular complexity index is 1010. The summed E-state index contributed by atoms with van der Waals surface area (Å²) in [4.78, 5) is 24.0. The van der Waals surface area contributed by atoms with Crippen LogP contribution in [-0.4, -0.2) is 29.0 Å². The van der Waals surface area contributed by atoms with E-state index in [1.54, 1.807) is 19.1 Å². The van der Waals surface area contributed by atoms with Gasteiger partial charge in [0.15, 0.2) is 0 Å². The average Bonchev–Trinajstić information content (AvgIpc) is 3.00. The van der Waals surface area contributed by atoms with E-state index in [0.29, 0.717) is 27.4 Å². The number of furan rings is 1. The van der Waals surface area contributed by atoms with Gasteiger partial charge in [-0.15, -0.1) is 0 Å². The Hall–Kier alpha value is -2.60. The monoisotopic (exact) mass is 384 g/mol. The molecular formula is C20H21ClN4O2. The molecule has 1 saturated heterocycles. The number of halogens is 1. The number of nitrogens with one attached hydrogen (secondary N) is 1. The standard InChI is InChI=1S/C20H21ClN4O2/c1-12-10-14(21)6-7-15(12)24-19(26)16-13(2)27-20-17(16)18(22-11-23-20)25-8-4-3-5-9-25/h6-7,10-11H,3-5,8-9H2,1-2H3,(H,24,26). The number of hydrogen-bond acceptors (Lipinski definition) is 5. The third kappa shape index (κ3) is 3.37. The van der Waals surface area contributed by atoms with Crippen molar-refractivity contribution in [3.63, 3.8) is 0 Å². The van der Waals surface area contributed by atoms with E-state index in [2.05, 4.69) is 20.2 Å². The van der Waals surface area contributed by atoms with Crippen molar-refractivity contribution in [2.24, 2.45) is 0 Å². The van der Waals surface area contributed by atoms with Crippen molar-refractivity contribution in [3.05, 3.63) is 46.4 Å².